The van der Waals surface area contributed by atoms with E-state index in [0.29, 0.717) is 6.42 Å². The molecule has 1 heterocycles. The normalized spacial score (nSPS) is 18.4. The number of methoxy groups -OCH3 is 1. The molecule has 0 spiro atoms. The van der Waals surface area contributed by atoms with Crippen LogP contribution in [0.5, 0.6) is 5.75 Å². The number of hydrazone groups is 1. The van der Waals surface area contributed by atoms with Gasteiger partial charge in [-0.2, -0.15) is 5.10 Å². The van der Waals surface area contributed by atoms with Crippen LogP contribution < -0.4 is 21.0 Å². The second-order valence-corrected chi connectivity index (χ2v) is 7.87. The van der Waals surface area contributed by atoms with E-state index in [1.165, 1.54) is 0 Å². The third-order valence-electron chi connectivity index (χ3n) is 5.92. The molecule has 2 atom stereocenters. The molecular formula is C26H24N4O2. The number of amides is 1. The predicted octanol–water partition coefficient (Wildman–Crippen LogP) is 4.06. The molecule has 0 aromatic heterocycles. The first-order chi connectivity index (χ1) is 15.7. The minimum Gasteiger partial charge on any atom is -0.497 e. The van der Waals surface area contributed by atoms with Crippen LogP contribution in [-0.2, 0) is 4.79 Å². The standard InChI is InChI=1S/C26H24N4O2/c1-32-20-12-10-17(11-13-20)24-15-25(29-28-24)26(31)30-27-16-23-21-8-4-2-6-18(21)14-19-7-3-5-9-22(19)23/h2-14,16,24-25,28-29H,15H2,1H3,(H,30,31)/b27-16+. The van der Waals surface area contributed by atoms with Crippen molar-refractivity contribution in [3.8, 4) is 5.75 Å². The van der Waals surface area contributed by atoms with Gasteiger partial charge in [0.25, 0.3) is 5.91 Å². The van der Waals surface area contributed by atoms with Gasteiger partial charge in [-0.3, -0.25) is 4.79 Å². The molecule has 2 unspecified atom stereocenters. The Hall–Kier alpha value is -3.74. The zero-order chi connectivity index (χ0) is 21.9. The highest BCUT2D eigenvalue weighted by Gasteiger charge is 2.30. The fraction of sp³-hybridized carbons (Fsp3) is 0.154. The predicted molar refractivity (Wildman–Crippen MR) is 128 cm³/mol. The van der Waals surface area contributed by atoms with E-state index in [-0.39, 0.29) is 18.0 Å². The lowest BCUT2D eigenvalue weighted by Crippen LogP contribution is -2.41. The fourth-order valence-corrected chi connectivity index (χ4v) is 4.21. The van der Waals surface area contributed by atoms with Crippen molar-refractivity contribution in [3.05, 3.63) is 90.0 Å². The summed E-state index contributed by atoms with van der Waals surface area (Å²) in [6.07, 6.45) is 2.37. The summed E-state index contributed by atoms with van der Waals surface area (Å²) in [6.45, 7) is 0. The second-order valence-electron chi connectivity index (χ2n) is 7.87. The molecule has 0 radical (unpaired) electrons. The first kappa shape index (κ1) is 20.2. The van der Waals surface area contributed by atoms with Crippen LogP contribution in [0, 0.1) is 0 Å². The maximum atomic E-state index is 12.7. The molecular weight excluding hydrogens is 400 g/mol. The summed E-state index contributed by atoms with van der Waals surface area (Å²) in [7, 11) is 1.65. The number of hydrazine groups is 1. The minimum atomic E-state index is -0.372. The molecule has 32 heavy (non-hydrogen) atoms. The number of ether oxygens (including phenoxy) is 1. The number of nitrogens with one attached hydrogen (secondary N) is 3. The Balaban J connectivity index is 1.31. The van der Waals surface area contributed by atoms with Crippen LogP contribution in [0.4, 0.5) is 0 Å². The molecule has 4 aromatic rings. The molecule has 1 aliphatic heterocycles. The summed E-state index contributed by atoms with van der Waals surface area (Å²) in [4.78, 5) is 12.7. The van der Waals surface area contributed by atoms with E-state index in [1.807, 2.05) is 48.5 Å². The Morgan fingerprint density at radius 2 is 1.62 bits per heavy atom. The monoisotopic (exact) mass is 424 g/mol. The zero-order valence-corrected chi connectivity index (χ0v) is 17.7. The van der Waals surface area contributed by atoms with Crippen LogP contribution in [0.2, 0.25) is 0 Å². The van der Waals surface area contributed by atoms with Crippen LogP contribution in [0.15, 0.2) is 84.0 Å². The van der Waals surface area contributed by atoms with Crippen molar-refractivity contribution in [1.29, 1.82) is 0 Å². The molecule has 6 heteroatoms. The van der Waals surface area contributed by atoms with E-state index < -0.39 is 0 Å². The maximum Gasteiger partial charge on any atom is 0.258 e. The molecule has 1 saturated heterocycles. The average Bonchev–Trinajstić information content (AvgIpc) is 3.34. The Morgan fingerprint density at radius 3 is 2.28 bits per heavy atom. The average molecular weight is 425 g/mol. The van der Waals surface area contributed by atoms with E-state index in [0.717, 1.165) is 38.4 Å². The molecule has 0 bridgehead atoms. The van der Waals surface area contributed by atoms with Crippen LogP contribution in [0.25, 0.3) is 21.5 Å². The first-order valence-electron chi connectivity index (χ1n) is 10.6. The van der Waals surface area contributed by atoms with Gasteiger partial charge < -0.3 is 4.74 Å². The van der Waals surface area contributed by atoms with Gasteiger partial charge in [0.15, 0.2) is 0 Å². The van der Waals surface area contributed by atoms with Gasteiger partial charge in [-0.15, -0.1) is 0 Å². The van der Waals surface area contributed by atoms with E-state index in [9.17, 15) is 4.79 Å². The summed E-state index contributed by atoms with van der Waals surface area (Å²) in [5, 5.41) is 8.78. The summed E-state index contributed by atoms with van der Waals surface area (Å²) in [6, 6.07) is 26.1. The van der Waals surface area contributed by atoms with Gasteiger partial charge in [0, 0.05) is 11.6 Å². The third kappa shape index (κ3) is 3.93. The molecule has 6 nitrogen and oxygen atoms in total. The van der Waals surface area contributed by atoms with Crippen molar-refractivity contribution in [3.63, 3.8) is 0 Å². The van der Waals surface area contributed by atoms with Crippen LogP contribution in [-0.4, -0.2) is 25.3 Å². The fourth-order valence-electron chi connectivity index (χ4n) is 4.21. The molecule has 3 N–H and O–H groups in total. The number of fused-ring (bicyclic) bond motifs is 2. The quantitative estimate of drug-likeness (QED) is 0.257. The number of hydrogen-bond donors (Lipinski definition) is 3. The number of benzene rings is 4. The summed E-state index contributed by atoms with van der Waals surface area (Å²) in [5.41, 5.74) is 11.1. The molecule has 160 valence electrons. The van der Waals surface area contributed by atoms with Crippen molar-refractivity contribution in [2.24, 2.45) is 5.10 Å². The minimum absolute atomic E-state index is 0.0441. The van der Waals surface area contributed by atoms with E-state index in [1.54, 1.807) is 13.3 Å². The summed E-state index contributed by atoms with van der Waals surface area (Å²) in [5.74, 6) is 0.638. The molecule has 0 saturated carbocycles. The van der Waals surface area contributed by atoms with Crippen molar-refractivity contribution < 1.29 is 9.53 Å². The van der Waals surface area contributed by atoms with Crippen LogP contribution in [0.1, 0.15) is 23.6 Å². The highest BCUT2D eigenvalue weighted by Crippen LogP contribution is 2.27. The Morgan fingerprint density at radius 1 is 0.969 bits per heavy atom. The van der Waals surface area contributed by atoms with Gasteiger partial charge in [-0.1, -0.05) is 60.7 Å². The van der Waals surface area contributed by atoms with Gasteiger partial charge in [0.1, 0.15) is 11.8 Å². The maximum absolute atomic E-state index is 12.7. The van der Waals surface area contributed by atoms with Crippen molar-refractivity contribution >= 4 is 33.7 Å². The smallest absolute Gasteiger partial charge is 0.258 e. The Kier molecular flexibility index (Phi) is 5.54. The molecule has 1 fully saturated rings. The highest BCUT2D eigenvalue weighted by atomic mass is 16.5. The summed E-state index contributed by atoms with van der Waals surface area (Å²) >= 11 is 0. The van der Waals surface area contributed by atoms with E-state index in [2.05, 4.69) is 51.7 Å². The van der Waals surface area contributed by atoms with Crippen molar-refractivity contribution in [1.82, 2.24) is 16.3 Å². The van der Waals surface area contributed by atoms with Gasteiger partial charge in [0.05, 0.1) is 13.3 Å². The number of nitrogens with zero attached hydrogens (tertiary/aromatic N) is 1. The lowest BCUT2D eigenvalue weighted by Gasteiger charge is -2.10. The highest BCUT2D eigenvalue weighted by molar-refractivity contribution is 6.13. The number of carbonyl (C=O) groups excluding carboxylic acids is 1. The molecule has 4 aromatic carbocycles. The molecule has 5 rings (SSSR count). The number of rotatable bonds is 5. The number of carbonyl (C=O) groups is 1. The van der Waals surface area contributed by atoms with E-state index in [4.69, 9.17) is 4.74 Å². The van der Waals surface area contributed by atoms with Crippen LogP contribution >= 0.6 is 0 Å². The Bertz CT molecular complexity index is 1250. The Labute approximate surface area is 186 Å². The lowest BCUT2D eigenvalue weighted by molar-refractivity contribution is -0.122. The SMILES string of the molecule is COc1ccc(C2CC(C(=O)N/N=C/c3c4ccccc4cc4ccccc34)NN2)cc1. The first-order valence-corrected chi connectivity index (χ1v) is 10.6. The largest absolute Gasteiger partial charge is 0.497 e. The van der Waals surface area contributed by atoms with Crippen molar-refractivity contribution in [2.45, 2.75) is 18.5 Å². The van der Waals surface area contributed by atoms with Gasteiger partial charge in [0.2, 0.25) is 0 Å². The van der Waals surface area contributed by atoms with Crippen LogP contribution in [0.3, 0.4) is 0 Å². The third-order valence-corrected chi connectivity index (χ3v) is 5.92. The van der Waals surface area contributed by atoms with E-state index >= 15 is 0 Å². The molecule has 1 aliphatic rings. The van der Waals surface area contributed by atoms with Gasteiger partial charge >= 0.3 is 0 Å². The topological polar surface area (TPSA) is 74.8 Å². The van der Waals surface area contributed by atoms with Gasteiger partial charge in [-0.25, -0.2) is 16.3 Å². The van der Waals surface area contributed by atoms with Crippen molar-refractivity contribution in [2.75, 3.05) is 7.11 Å². The summed E-state index contributed by atoms with van der Waals surface area (Å²) < 4.78 is 5.21. The number of hydrogen-bond acceptors (Lipinski definition) is 5. The molecule has 1 amide bonds. The second kappa shape index (κ2) is 8.78. The van der Waals surface area contributed by atoms with Gasteiger partial charge in [-0.05, 0) is 51.7 Å². The zero-order valence-electron chi connectivity index (χ0n) is 17.7. The lowest BCUT2D eigenvalue weighted by atomic mass is 9.97. The molecule has 0 aliphatic carbocycles.